The predicted molar refractivity (Wildman–Crippen MR) is 71.3 cm³/mol. The average molecular weight is 279 g/mol. The van der Waals surface area contributed by atoms with Crippen molar-refractivity contribution in [2.45, 2.75) is 31.7 Å². The Morgan fingerprint density at radius 1 is 1.15 bits per heavy atom. The lowest BCUT2D eigenvalue weighted by Gasteiger charge is -2.26. The van der Waals surface area contributed by atoms with E-state index < -0.39 is 35.7 Å². The summed E-state index contributed by atoms with van der Waals surface area (Å²) in [7, 11) is 0. The van der Waals surface area contributed by atoms with Gasteiger partial charge in [-0.05, 0) is 19.4 Å². The first-order valence-electron chi connectivity index (χ1n) is 6.06. The Labute approximate surface area is 116 Å². The lowest BCUT2D eigenvalue weighted by atomic mass is 9.83. The van der Waals surface area contributed by atoms with Crippen molar-refractivity contribution >= 4 is 17.8 Å². The van der Waals surface area contributed by atoms with E-state index >= 15 is 0 Å². The summed E-state index contributed by atoms with van der Waals surface area (Å²) in [6.07, 6.45) is -0.661. The molecular weight excluding hydrogens is 262 g/mol. The first kappa shape index (κ1) is 15.7. The normalized spacial score (nSPS) is 12.5. The van der Waals surface area contributed by atoms with Gasteiger partial charge in [0.05, 0.1) is 11.8 Å². The Morgan fingerprint density at radius 3 is 2.15 bits per heavy atom. The number of carboxylic acids is 2. The number of hydrogen-bond donors (Lipinski definition) is 3. The van der Waals surface area contributed by atoms with Gasteiger partial charge in [-0.2, -0.15) is 0 Å². The molecule has 0 aromatic heterocycles. The van der Waals surface area contributed by atoms with Crippen LogP contribution in [0.3, 0.4) is 0 Å². The van der Waals surface area contributed by atoms with Crippen LogP contribution in [0.15, 0.2) is 30.3 Å². The quantitative estimate of drug-likeness (QED) is 0.721. The van der Waals surface area contributed by atoms with Gasteiger partial charge in [-0.1, -0.05) is 30.3 Å². The lowest BCUT2D eigenvalue weighted by Crippen LogP contribution is -2.49. The van der Waals surface area contributed by atoms with E-state index in [0.29, 0.717) is 0 Å². The Hall–Kier alpha value is -2.37. The van der Waals surface area contributed by atoms with Gasteiger partial charge in [-0.15, -0.1) is 0 Å². The number of benzene rings is 1. The van der Waals surface area contributed by atoms with Crippen molar-refractivity contribution in [2.75, 3.05) is 0 Å². The molecule has 0 aliphatic heterocycles. The minimum absolute atomic E-state index is 0.530. The largest absolute Gasteiger partial charge is 0.481 e. The summed E-state index contributed by atoms with van der Waals surface area (Å²) in [6.45, 7) is 3.30. The number of nitrogens with one attached hydrogen (secondary N) is 1. The fraction of sp³-hybridized carbons (Fsp3) is 0.357. The summed E-state index contributed by atoms with van der Waals surface area (Å²) in [5, 5.41) is 19.8. The van der Waals surface area contributed by atoms with Crippen molar-refractivity contribution in [1.82, 2.24) is 5.32 Å². The van der Waals surface area contributed by atoms with Crippen molar-refractivity contribution in [3.63, 3.8) is 0 Å². The molecule has 6 heteroatoms. The highest BCUT2D eigenvalue weighted by atomic mass is 16.4. The van der Waals surface area contributed by atoms with E-state index in [4.69, 9.17) is 10.2 Å². The third-order valence-electron chi connectivity index (χ3n) is 3.05. The Bertz CT molecular complexity index is 510. The van der Waals surface area contributed by atoms with Gasteiger partial charge in [0.1, 0.15) is 6.04 Å². The molecular formula is C14H17NO5. The Kier molecular flexibility index (Phi) is 4.85. The molecule has 0 fully saturated rings. The molecule has 0 saturated heterocycles. The van der Waals surface area contributed by atoms with Crippen LogP contribution >= 0.6 is 0 Å². The molecule has 20 heavy (non-hydrogen) atoms. The fourth-order valence-corrected chi connectivity index (χ4v) is 1.70. The average Bonchev–Trinajstić information content (AvgIpc) is 2.38. The van der Waals surface area contributed by atoms with Gasteiger partial charge in [0.15, 0.2) is 0 Å². The number of rotatable bonds is 6. The molecule has 0 unspecified atom stereocenters. The SMILES string of the molecule is CC(C)(C(=O)N[C@H](CC(=O)O)C(=O)O)c1ccccc1. The summed E-state index contributed by atoms with van der Waals surface area (Å²) < 4.78 is 0. The highest BCUT2D eigenvalue weighted by Crippen LogP contribution is 2.23. The van der Waals surface area contributed by atoms with Crippen LogP contribution in [-0.4, -0.2) is 34.1 Å². The van der Waals surface area contributed by atoms with E-state index in [-0.39, 0.29) is 0 Å². The first-order valence-corrected chi connectivity index (χ1v) is 6.06. The van der Waals surface area contributed by atoms with Gasteiger partial charge in [0.2, 0.25) is 5.91 Å². The molecule has 0 aliphatic rings. The Morgan fingerprint density at radius 2 is 1.70 bits per heavy atom. The molecule has 0 aliphatic carbocycles. The van der Waals surface area contributed by atoms with Gasteiger partial charge in [-0.25, -0.2) is 4.79 Å². The third kappa shape index (κ3) is 3.81. The molecule has 0 spiro atoms. The van der Waals surface area contributed by atoms with E-state index in [9.17, 15) is 14.4 Å². The van der Waals surface area contributed by atoms with Crippen molar-refractivity contribution in [3.05, 3.63) is 35.9 Å². The molecule has 3 N–H and O–H groups in total. The Balaban J connectivity index is 2.88. The highest BCUT2D eigenvalue weighted by Gasteiger charge is 2.33. The van der Waals surface area contributed by atoms with Crippen molar-refractivity contribution < 1.29 is 24.6 Å². The zero-order valence-corrected chi connectivity index (χ0v) is 11.3. The maximum atomic E-state index is 12.2. The molecule has 0 saturated carbocycles. The van der Waals surface area contributed by atoms with Crippen LogP contribution in [0.5, 0.6) is 0 Å². The van der Waals surface area contributed by atoms with Gasteiger partial charge in [0.25, 0.3) is 0 Å². The van der Waals surface area contributed by atoms with Gasteiger partial charge in [0, 0.05) is 0 Å². The maximum Gasteiger partial charge on any atom is 0.326 e. The lowest BCUT2D eigenvalue weighted by molar-refractivity contribution is -0.147. The van der Waals surface area contributed by atoms with Crippen LogP contribution in [0, 0.1) is 0 Å². The summed E-state index contributed by atoms with van der Waals surface area (Å²) in [4.78, 5) is 33.8. The molecule has 1 aromatic rings. The van der Waals surface area contributed by atoms with Crippen LogP contribution in [0.4, 0.5) is 0 Å². The van der Waals surface area contributed by atoms with E-state index in [0.717, 1.165) is 5.56 Å². The van der Waals surface area contributed by atoms with E-state index in [1.165, 1.54) is 0 Å². The van der Waals surface area contributed by atoms with Crippen LogP contribution in [0.2, 0.25) is 0 Å². The van der Waals surface area contributed by atoms with Crippen LogP contribution in [0.1, 0.15) is 25.8 Å². The van der Waals surface area contributed by atoms with Crippen LogP contribution in [0.25, 0.3) is 0 Å². The molecule has 1 aromatic carbocycles. The smallest absolute Gasteiger partial charge is 0.326 e. The standard InChI is InChI=1S/C14H17NO5/c1-14(2,9-6-4-3-5-7-9)13(20)15-10(12(18)19)8-11(16)17/h3-7,10H,8H2,1-2H3,(H,15,20)(H,16,17)(H,18,19)/t10-/m1/s1. The summed E-state index contributed by atoms with van der Waals surface area (Å²) >= 11 is 0. The van der Waals surface area contributed by atoms with E-state index in [2.05, 4.69) is 5.32 Å². The minimum atomic E-state index is -1.44. The zero-order chi connectivity index (χ0) is 15.3. The second-order valence-corrected chi connectivity index (χ2v) is 4.95. The number of carboxylic acid groups (broad SMARTS) is 2. The summed E-state index contributed by atoms with van der Waals surface area (Å²) in [5.41, 5.74) is -0.232. The molecule has 0 bridgehead atoms. The number of aliphatic carboxylic acids is 2. The summed E-state index contributed by atoms with van der Waals surface area (Å²) in [6, 6.07) is 7.43. The minimum Gasteiger partial charge on any atom is -0.481 e. The van der Waals surface area contributed by atoms with Crippen molar-refractivity contribution in [2.24, 2.45) is 0 Å². The summed E-state index contributed by atoms with van der Waals surface area (Å²) in [5.74, 6) is -3.18. The first-order chi connectivity index (χ1) is 9.25. The number of amides is 1. The zero-order valence-electron chi connectivity index (χ0n) is 11.3. The fourth-order valence-electron chi connectivity index (χ4n) is 1.70. The van der Waals surface area contributed by atoms with E-state index in [1.54, 1.807) is 38.1 Å². The van der Waals surface area contributed by atoms with Crippen LogP contribution < -0.4 is 5.32 Å². The molecule has 0 heterocycles. The molecule has 0 radical (unpaired) electrons. The van der Waals surface area contributed by atoms with Crippen molar-refractivity contribution in [3.8, 4) is 0 Å². The maximum absolute atomic E-state index is 12.2. The highest BCUT2D eigenvalue weighted by molar-refractivity contribution is 5.92. The predicted octanol–water partition coefficient (Wildman–Crippen LogP) is 1.01. The van der Waals surface area contributed by atoms with Crippen molar-refractivity contribution in [1.29, 1.82) is 0 Å². The second-order valence-electron chi connectivity index (χ2n) is 4.95. The van der Waals surface area contributed by atoms with Crippen LogP contribution in [-0.2, 0) is 19.8 Å². The van der Waals surface area contributed by atoms with Gasteiger partial charge < -0.3 is 15.5 Å². The third-order valence-corrected chi connectivity index (χ3v) is 3.05. The molecule has 108 valence electrons. The second kappa shape index (κ2) is 6.18. The molecule has 1 rings (SSSR count). The topological polar surface area (TPSA) is 104 Å². The van der Waals surface area contributed by atoms with E-state index in [1.807, 2.05) is 6.07 Å². The molecule has 1 atom stereocenters. The number of carbonyl (C=O) groups is 3. The molecule has 1 amide bonds. The monoisotopic (exact) mass is 279 g/mol. The number of carbonyl (C=O) groups excluding carboxylic acids is 1. The molecule has 6 nitrogen and oxygen atoms in total. The van der Waals surface area contributed by atoms with Gasteiger partial charge in [-0.3, -0.25) is 9.59 Å². The number of hydrogen-bond acceptors (Lipinski definition) is 3. The van der Waals surface area contributed by atoms with Gasteiger partial charge >= 0.3 is 11.9 Å².